The van der Waals surface area contributed by atoms with Crippen LogP contribution in [0.1, 0.15) is 25.8 Å². The molecule has 0 radical (unpaired) electrons. The maximum absolute atomic E-state index is 6.16. The topological polar surface area (TPSA) is 12.0 Å². The number of alkyl halides is 1. The van der Waals surface area contributed by atoms with Gasteiger partial charge >= 0.3 is 0 Å². The number of hydrogen-bond donors (Lipinski definition) is 1. The molecule has 1 N–H and O–H groups in total. The Kier molecular flexibility index (Phi) is 2.87. The van der Waals surface area contributed by atoms with Crippen molar-refractivity contribution in [2.75, 3.05) is 0 Å². The summed E-state index contributed by atoms with van der Waals surface area (Å²) in [4.78, 5) is 0. The Morgan fingerprint density at radius 1 is 1.64 bits per heavy atom. The normalized spacial score (nSPS) is 29.9. The molecule has 1 saturated carbocycles. The smallest absolute Gasteiger partial charge is 0.0416 e. The minimum absolute atomic E-state index is 0.248. The van der Waals surface area contributed by atoms with E-state index < -0.39 is 0 Å². The summed E-state index contributed by atoms with van der Waals surface area (Å²) in [5.74, 6) is 0. The summed E-state index contributed by atoms with van der Waals surface area (Å²) in [6.07, 6.45) is 1.10. The van der Waals surface area contributed by atoms with Gasteiger partial charge in [0.15, 0.2) is 0 Å². The number of thiophene rings is 1. The molecule has 2 atom stereocenters. The second kappa shape index (κ2) is 3.84. The predicted molar refractivity (Wildman–Crippen MR) is 63.0 cm³/mol. The minimum atomic E-state index is 0.248. The number of hydrogen-bond acceptors (Lipinski definition) is 2. The predicted octanol–water partition coefficient (Wildman–Crippen LogP) is 3.24. The molecule has 14 heavy (non-hydrogen) atoms. The van der Waals surface area contributed by atoms with E-state index in [0.717, 1.165) is 13.0 Å². The van der Waals surface area contributed by atoms with Crippen molar-refractivity contribution >= 4 is 22.9 Å². The highest BCUT2D eigenvalue weighted by Gasteiger charge is 2.46. The van der Waals surface area contributed by atoms with E-state index in [9.17, 15) is 0 Å². The third-order valence-corrected chi connectivity index (χ3v) is 4.75. The molecule has 1 aromatic rings. The van der Waals surface area contributed by atoms with Gasteiger partial charge in [-0.1, -0.05) is 13.8 Å². The molecule has 1 nitrogen and oxygen atoms in total. The molecule has 0 aliphatic heterocycles. The van der Waals surface area contributed by atoms with Gasteiger partial charge in [0.2, 0.25) is 0 Å². The molecule has 1 aromatic heterocycles. The Morgan fingerprint density at radius 2 is 2.43 bits per heavy atom. The summed E-state index contributed by atoms with van der Waals surface area (Å²) >= 11 is 7.91. The quantitative estimate of drug-likeness (QED) is 0.785. The lowest BCUT2D eigenvalue weighted by atomic mass is 9.67. The van der Waals surface area contributed by atoms with Crippen molar-refractivity contribution in [3.8, 4) is 0 Å². The van der Waals surface area contributed by atoms with E-state index in [1.165, 1.54) is 5.56 Å². The van der Waals surface area contributed by atoms with E-state index in [-0.39, 0.29) is 5.41 Å². The zero-order valence-electron chi connectivity index (χ0n) is 8.59. The van der Waals surface area contributed by atoms with E-state index in [1.54, 1.807) is 11.3 Å². The highest BCUT2D eigenvalue weighted by Crippen LogP contribution is 2.44. The molecule has 1 fully saturated rings. The SMILES string of the molecule is CC1(C)C(Cl)CC1NCc1ccsc1. The standard InChI is InChI=1S/C11H16ClNS/c1-11(2)9(12)5-10(11)13-6-8-3-4-14-7-8/h3-4,7,9-10,13H,5-6H2,1-2H3. The molecular weight excluding hydrogens is 214 g/mol. The Morgan fingerprint density at radius 3 is 2.93 bits per heavy atom. The van der Waals surface area contributed by atoms with Gasteiger partial charge in [0, 0.05) is 18.0 Å². The zero-order valence-corrected chi connectivity index (χ0v) is 10.2. The van der Waals surface area contributed by atoms with Gasteiger partial charge in [-0.05, 0) is 34.2 Å². The monoisotopic (exact) mass is 229 g/mol. The molecule has 1 heterocycles. The highest BCUT2D eigenvalue weighted by atomic mass is 35.5. The lowest BCUT2D eigenvalue weighted by molar-refractivity contribution is 0.115. The average Bonchev–Trinajstić information content (AvgIpc) is 2.64. The second-order valence-electron chi connectivity index (χ2n) is 4.59. The van der Waals surface area contributed by atoms with Crippen molar-refractivity contribution < 1.29 is 0 Å². The van der Waals surface area contributed by atoms with Crippen molar-refractivity contribution in [1.82, 2.24) is 5.32 Å². The first kappa shape index (κ1) is 10.5. The Bertz CT molecular complexity index is 294. The Hall–Kier alpha value is -0.0500. The van der Waals surface area contributed by atoms with E-state index in [2.05, 4.69) is 36.0 Å². The molecule has 0 aromatic carbocycles. The van der Waals surface area contributed by atoms with Gasteiger partial charge in [-0.2, -0.15) is 11.3 Å². The fourth-order valence-corrected chi connectivity index (χ4v) is 2.85. The molecule has 0 saturated heterocycles. The molecule has 78 valence electrons. The summed E-state index contributed by atoms with van der Waals surface area (Å²) < 4.78 is 0. The van der Waals surface area contributed by atoms with Crippen molar-refractivity contribution in [3.05, 3.63) is 22.4 Å². The van der Waals surface area contributed by atoms with Gasteiger partial charge in [0.1, 0.15) is 0 Å². The van der Waals surface area contributed by atoms with Crippen LogP contribution in [0.4, 0.5) is 0 Å². The Balaban J connectivity index is 1.83. The van der Waals surface area contributed by atoms with Crippen LogP contribution in [0.5, 0.6) is 0 Å². The van der Waals surface area contributed by atoms with Crippen LogP contribution in [0.3, 0.4) is 0 Å². The number of nitrogens with one attached hydrogen (secondary N) is 1. The van der Waals surface area contributed by atoms with Crippen LogP contribution in [0.25, 0.3) is 0 Å². The fourth-order valence-electron chi connectivity index (χ4n) is 1.85. The number of halogens is 1. The largest absolute Gasteiger partial charge is 0.309 e. The van der Waals surface area contributed by atoms with Gasteiger partial charge in [-0.15, -0.1) is 11.6 Å². The summed E-state index contributed by atoms with van der Waals surface area (Å²) in [6.45, 7) is 5.44. The molecule has 2 rings (SSSR count). The van der Waals surface area contributed by atoms with E-state index in [0.29, 0.717) is 11.4 Å². The Labute approximate surface area is 94.5 Å². The summed E-state index contributed by atoms with van der Waals surface area (Å²) in [6, 6.07) is 2.74. The maximum Gasteiger partial charge on any atom is 0.0416 e. The molecule has 0 spiro atoms. The van der Waals surface area contributed by atoms with Crippen LogP contribution in [0.2, 0.25) is 0 Å². The van der Waals surface area contributed by atoms with E-state index in [4.69, 9.17) is 11.6 Å². The molecule has 0 bridgehead atoms. The van der Waals surface area contributed by atoms with Gasteiger partial charge in [-0.3, -0.25) is 0 Å². The van der Waals surface area contributed by atoms with Crippen LogP contribution in [0, 0.1) is 5.41 Å². The fraction of sp³-hybridized carbons (Fsp3) is 0.636. The van der Waals surface area contributed by atoms with Crippen LogP contribution >= 0.6 is 22.9 Å². The molecular formula is C11H16ClNS. The van der Waals surface area contributed by atoms with Gasteiger partial charge in [0.05, 0.1) is 0 Å². The molecule has 1 aliphatic rings. The lowest BCUT2D eigenvalue weighted by Gasteiger charge is -2.49. The first-order valence-electron chi connectivity index (χ1n) is 4.99. The minimum Gasteiger partial charge on any atom is -0.309 e. The summed E-state index contributed by atoms with van der Waals surface area (Å²) in [5, 5.41) is 8.21. The highest BCUT2D eigenvalue weighted by molar-refractivity contribution is 7.07. The van der Waals surface area contributed by atoms with Crippen molar-refractivity contribution in [3.63, 3.8) is 0 Å². The molecule has 2 unspecified atom stereocenters. The first-order valence-corrected chi connectivity index (χ1v) is 6.37. The average molecular weight is 230 g/mol. The maximum atomic E-state index is 6.16. The summed E-state index contributed by atoms with van der Waals surface area (Å²) in [7, 11) is 0. The van der Waals surface area contributed by atoms with E-state index in [1.807, 2.05) is 0 Å². The lowest BCUT2D eigenvalue weighted by Crippen LogP contribution is -2.57. The third kappa shape index (κ3) is 1.83. The van der Waals surface area contributed by atoms with Crippen molar-refractivity contribution in [2.24, 2.45) is 5.41 Å². The van der Waals surface area contributed by atoms with Crippen LogP contribution in [0.15, 0.2) is 16.8 Å². The van der Waals surface area contributed by atoms with Crippen LogP contribution in [-0.4, -0.2) is 11.4 Å². The van der Waals surface area contributed by atoms with E-state index >= 15 is 0 Å². The first-order chi connectivity index (χ1) is 6.60. The van der Waals surface area contributed by atoms with Crippen molar-refractivity contribution in [1.29, 1.82) is 0 Å². The van der Waals surface area contributed by atoms with Gasteiger partial charge in [0.25, 0.3) is 0 Å². The molecule has 0 amide bonds. The number of rotatable bonds is 3. The van der Waals surface area contributed by atoms with Gasteiger partial charge in [-0.25, -0.2) is 0 Å². The molecule has 3 heteroatoms. The van der Waals surface area contributed by atoms with Crippen molar-refractivity contribution in [2.45, 2.75) is 38.2 Å². The van der Waals surface area contributed by atoms with Crippen LogP contribution < -0.4 is 5.32 Å². The van der Waals surface area contributed by atoms with Gasteiger partial charge < -0.3 is 5.32 Å². The van der Waals surface area contributed by atoms with Crippen LogP contribution in [-0.2, 0) is 6.54 Å². The third-order valence-electron chi connectivity index (χ3n) is 3.28. The summed E-state index contributed by atoms with van der Waals surface area (Å²) in [5.41, 5.74) is 1.63. The zero-order chi connectivity index (χ0) is 10.2. The molecule has 1 aliphatic carbocycles. The second-order valence-corrected chi connectivity index (χ2v) is 5.90.